The van der Waals surface area contributed by atoms with Crippen LogP contribution in [0, 0.1) is 5.92 Å². The monoisotopic (exact) mass is 215 g/mol. The predicted octanol–water partition coefficient (Wildman–Crippen LogP) is -0.685. The lowest BCUT2D eigenvalue weighted by Crippen LogP contribution is -2.46. The number of aliphatic imine (C=N–C) groups is 1. The molecule has 6 N–H and O–H groups in total. The molecule has 0 spiro atoms. The SMILES string of the molecule is CC(C)CN=C(NN)NC(C)CC(N)=O. The molecule has 0 aromatic rings. The summed E-state index contributed by atoms with van der Waals surface area (Å²) < 4.78 is 0. The lowest BCUT2D eigenvalue weighted by molar-refractivity contribution is -0.118. The van der Waals surface area contributed by atoms with Gasteiger partial charge < -0.3 is 11.1 Å². The molecule has 1 atom stereocenters. The van der Waals surface area contributed by atoms with Crippen molar-refractivity contribution in [2.75, 3.05) is 6.54 Å². The Morgan fingerprint density at radius 1 is 1.40 bits per heavy atom. The summed E-state index contributed by atoms with van der Waals surface area (Å²) in [7, 11) is 0. The number of hydrogen-bond acceptors (Lipinski definition) is 3. The summed E-state index contributed by atoms with van der Waals surface area (Å²) in [5.41, 5.74) is 7.51. The van der Waals surface area contributed by atoms with Gasteiger partial charge in [-0.3, -0.25) is 15.2 Å². The highest BCUT2D eigenvalue weighted by Crippen LogP contribution is 1.92. The van der Waals surface area contributed by atoms with Gasteiger partial charge in [0.1, 0.15) is 0 Å². The van der Waals surface area contributed by atoms with E-state index in [1.54, 1.807) is 0 Å². The summed E-state index contributed by atoms with van der Waals surface area (Å²) in [6.45, 7) is 6.64. The Morgan fingerprint density at radius 3 is 2.40 bits per heavy atom. The number of guanidine groups is 1. The van der Waals surface area contributed by atoms with Gasteiger partial charge in [0, 0.05) is 19.0 Å². The third kappa shape index (κ3) is 7.75. The predicted molar refractivity (Wildman–Crippen MR) is 60.9 cm³/mol. The van der Waals surface area contributed by atoms with Crippen LogP contribution in [-0.4, -0.2) is 24.5 Å². The summed E-state index contributed by atoms with van der Waals surface area (Å²) in [6.07, 6.45) is 0.252. The summed E-state index contributed by atoms with van der Waals surface area (Å²) in [5.74, 6) is 5.87. The van der Waals surface area contributed by atoms with Gasteiger partial charge in [-0.25, -0.2) is 5.84 Å². The molecule has 0 saturated heterocycles. The number of primary amides is 1. The van der Waals surface area contributed by atoms with Crippen molar-refractivity contribution in [1.29, 1.82) is 0 Å². The summed E-state index contributed by atoms with van der Waals surface area (Å²) in [6, 6.07) is -0.0792. The van der Waals surface area contributed by atoms with Crippen LogP contribution in [0.5, 0.6) is 0 Å². The molecule has 0 rings (SSSR count). The molecule has 0 aliphatic heterocycles. The van der Waals surface area contributed by atoms with Crippen LogP contribution in [0.1, 0.15) is 27.2 Å². The minimum Gasteiger partial charge on any atom is -0.370 e. The maximum atomic E-state index is 10.6. The zero-order valence-electron chi connectivity index (χ0n) is 9.58. The molecule has 6 nitrogen and oxygen atoms in total. The molecule has 0 heterocycles. The summed E-state index contributed by atoms with van der Waals surface area (Å²) in [5, 5.41) is 2.97. The second-order valence-corrected chi connectivity index (χ2v) is 3.94. The molecule has 0 aromatic heterocycles. The van der Waals surface area contributed by atoms with Gasteiger partial charge in [0.05, 0.1) is 0 Å². The number of nitrogens with zero attached hydrogens (tertiary/aromatic N) is 1. The van der Waals surface area contributed by atoms with Crippen LogP contribution in [0.15, 0.2) is 4.99 Å². The van der Waals surface area contributed by atoms with E-state index in [2.05, 4.69) is 29.6 Å². The maximum Gasteiger partial charge on any atom is 0.219 e. The molecule has 88 valence electrons. The number of rotatable bonds is 5. The number of hydrogen-bond donors (Lipinski definition) is 4. The van der Waals surface area contributed by atoms with Crippen LogP contribution >= 0.6 is 0 Å². The van der Waals surface area contributed by atoms with E-state index in [1.807, 2.05) is 6.92 Å². The minimum absolute atomic E-state index is 0.0792. The molecule has 0 aromatic carbocycles. The van der Waals surface area contributed by atoms with Crippen molar-refractivity contribution in [2.45, 2.75) is 33.2 Å². The molecule has 6 heteroatoms. The third-order valence-electron chi connectivity index (χ3n) is 1.64. The molecule has 1 amide bonds. The van der Waals surface area contributed by atoms with Crippen molar-refractivity contribution in [3.05, 3.63) is 0 Å². The second kappa shape index (κ2) is 7.05. The van der Waals surface area contributed by atoms with Crippen molar-refractivity contribution in [1.82, 2.24) is 10.7 Å². The number of amides is 1. The average molecular weight is 215 g/mol. The van der Waals surface area contributed by atoms with Gasteiger partial charge in [0.25, 0.3) is 0 Å². The van der Waals surface area contributed by atoms with E-state index in [-0.39, 0.29) is 18.4 Å². The van der Waals surface area contributed by atoms with Gasteiger partial charge in [0.2, 0.25) is 11.9 Å². The summed E-state index contributed by atoms with van der Waals surface area (Å²) in [4.78, 5) is 14.8. The van der Waals surface area contributed by atoms with Gasteiger partial charge >= 0.3 is 0 Å². The van der Waals surface area contributed by atoms with Crippen LogP contribution in [0.4, 0.5) is 0 Å². The molecule has 0 aliphatic carbocycles. The highest BCUT2D eigenvalue weighted by atomic mass is 16.1. The van der Waals surface area contributed by atoms with Crippen molar-refractivity contribution in [3.63, 3.8) is 0 Å². The van der Waals surface area contributed by atoms with E-state index in [1.165, 1.54) is 0 Å². The molecule has 0 fully saturated rings. The minimum atomic E-state index is -0.352. The lowest BCUT2D eigenvalue weighted by Gasteiger charge is -2.15. The largest absolute Gasteiger partial charge is 0.370 e. The smallest absolute Gasteiger partial charge is 0.219 e. The standard InChI is InChI=1S/C9H21N5O/c1-6(2)5-12-9(14-11)13-7(3)4-8(10)15/h6-7H,4-5,11H2,1-3H3,(H2,10,15)(H2,12,13,14). The Labute approximate surface area is 90.5 Å². The van der Waals surface area contributed by atoms with Crippen LogP contribution in [0.3, 0.4) is 0 Å². The molecular weight excluding hydrogens is 194 g/mol. The van der Waals surface area contributed by atoms with Gasteiger partial charge in [0.15, 0.2) is 0 Å². The Morgan fingerprint density at radius 2 is 2.00 bits per heavy atom. The normalized spacial score (nSPS) is 13.8. The van der Waals surface area contributed by atoms with E-state index >= 15 is 0 Å². The van der Waals surface area contributed by atoms with Crippen LogP contribution in [-0.2, 0) is 4.79 Å². The van der Waals surface area contributed by atoms with E-state index < -0.39 is 0 Å². The van der Waals surface area contributed by atoms with E-state index in [9.17, 15) is 4.79 Å². The Bertz CT molecular complexity index is 227. The third-order valence-corrected chi connectivity index (χ3v) is 1.64. The van der Waals surface area contributed by atoms with Crippen molar-refractivity contribution >= 4 is 11.9 Å². The topological polar surface area (TPSA) is 106 Å². The number of nitrogens with two attached hydrogens (primary N) is 2. The molecule has 1 unspecified atom stereocenters. The Kier molecular flexibility index (Phi) is 6.44. The van der Waals surface area contributed by atoms with Crippen LogP contribution < -0.4 is 22.3 Å². The highest BCUT2D eigenvalue weighted by Gasteiger charge is 2.07. The average Bonchev–Trinajstić information content (AvgIpc) is 2.10. The first kappa shape index (κ1) is 13.7. The van der Waals surface area contributed by atoms with Crippen molar-refractivity contribution in [3.8, 4) is 0 Å². The van der Waals surface area contributed by atoms with Gasteiger partial charge in [-0.2, -0.15) is 0 Å². The van der Waals surface area contributed by atoms with Crippen molar-refractivity contribution in [2.24, 2.45) is 22.5 Å². The molecule has 0 saturated carbocycles. The molecule has 0 bridgehead atoms. The van der Waals surface area contributed by atoms with Gasteiger partial charge in [-0.1, -0.05) is 13.8 Å². The first-order valence-electron chi connectivity index (χ1n) is 5.01. The maximum absolute atomic E-state index is 10.6. The van der Waals surface area contributed by atoms with E-state index in [0.717, 1.165) is 0 Å². The highest BCUT2D eigenvalue weighted by molar-refractivity contribution is 5.81. The fraction of sp³-hybridized carbons (Fsp3) is 0.778. The Balaban J connectivity index is 4.08. The molecule has 0 radical (unpaired) electrons. The van der Waals surface area contributed by atoms with E-state index in [4.69, 9.17) is 11.6 Å². The number of carbonyl (C=O) groups excluding carboxylic acids is 1. The van der Waals surface area contributed by atoms with Gasteiger partial charge in [-0.15, -0.1) is 0 Å². The van der Waals surface area contributed by atoms with Gasteiger partial charge in [-0.05, 0) is 12.8 Å². The van der Waals surface area contributed by atoms with Crippen LogP contribution in [0.2, 0.25) is 0 Å². The molecule has 15 heavy (non-hydrogen) atoms. The Hall–Kier alpha value is -1.30. The fourth-order valence-electron chi connectivity index (χ4n) is 0.993. The molecule has 0 aliphatic rings. The first-order chi connectivity index (χ1) is 6.95. The lowest BCUT2D eigenvalue weighted by atomic mass is 10.2. The van der Waals surface area contributed by atoms with E-state index in [0.29, 0.717) is 18.4 Å². The first-order valence-corrected chi connectivity index (χ1v) is 5.01. The second-order valence-electron chi connectivity index (χ2n) is 3.94. The number of nitrogens with one attached hydrogen (secondary N) is 2. The van der Waals surface area contributed by atoms with Crippen LogP contribution in [0.25, 0.3) is 0 Å². The number of hydrazine groups is 1. The fourth-order valence-corrected chi connectivity index (χ4v) is 0.993. The zero-order valence-corrected chi connectivity index (χ0v) is 9.58. The molecular formula is C9H21N5O. The van der Waals surface area contributed by atoms with Crippen molar-refractivity contribution < 1.29 is 4.79 Å². The zero-order chi connectivity index (χ0) is 11.8. The summed E-state index contributed by atoms with van der Waals surface area (Å²) >= 11 is 0. The quantitative estimate of drug-likeness (QED) is 0.211. The number of carbonyl (C=O) groups is 1.